The largest absolute Gasteiger partial charge is 0.339 e. The highest BCUT2D eigenvalue weighted by Crippen LogP contribution is 2.28. The van der Waals surface area contributed by atoms with Crippen molar-refractivity contribution in [2.75, 3.05) is 28.8 Å². The molecule has 2 N–H and O–H groups in total. The number of amides is 1. The molecule has 0 radical (unpaired) electrons. The van der Waals surface area contributed by atoms with Crippen molar-refractivity contribution in [2.45, 2.75) is 47.3 Å². The summed E-state index contributed by atoms with van der Waals surface area (Å²) in [6, 6.07) is 14.8. The van der Waals surface area contributed by atoms with E-state index < -0.39 is 20.0 Å². The molecule has 1 aliphatic heterocycles. The Hall–Kier alpha value is -2.73. The van der Waals surface area contributed by atoms with Gasteiger partial charge in [0.05, 0.1) is 21.0 Å². The fraction of sp³-hybridized carbons (Fsp3) is 0.296. The smallest absolute Gasteiger partial charge is 0.261 e. The van der Waals surface area contributed by atoms with E-state index in [0.29, 0.717) is 39.8 Å². The van der Waals surface area contributed by atoms with Gasteiger partial charge in [0, 0.05) is 28.7 Å². The van der Waals surface area contributed by atoms with Gasteiger partial charge < -0.3 is 4.90 Å². The van der Waals surface area contributed by atoms with E-state index in [1.54, 1.807) is 30.0 Å². The summed E-state index contributed by atoms with van der Waals surface area (Å²) in [6.45, 7) is 3.07. The zero-order chi connectivity index (χ0) is 28.2. The summed E-state index contributed by atoms with van der Waals surface area (Å²) < 4.78 is 57.1. The van der Waals surface area contributed by atoms with Gasteiger partial charge in [-0.05, 0) is 86.2 Å². The molecule has 3 aromatic carbocycles. The molecule has 208 valence electrons. The standard InChI is InChI=1S/C27H30ClN3O5S3/c1-19-7-8-20(28)17-25(19)30-38(33,34)22-11-9-21(10-12-22)29-39(35,36)23-13-14-26(37-2)24(18-23)27(32)31-15-5-3-4-6-16-31/h7-14,17-18,29-30H,3-6,15-16H2,1-2H3. The van der Waals surface area contributed by atoms with Crippen LogP contribution in [0.25, 0.3) is 0 Å². The number of halogens is 1. The SMILES string of the molecule is CSc1ccc(S(=O)(=O)Nc2ccc(S(=O)(=O)Nc3cc(Cl)ccc3C)cc2)cc1C(=O)N1CCCCCC1. The minimum atomic E-state index is -4.05. The Morgan fingerprint density at radius 1 is 0.821 bits per heavy atom. The fourth-order valence-electron chi connectivity index (χ4n) is 4.29. The van der Waals surface area contributed by atoms with Crippen LogP contribution in [0.4, 0.5) is 11.4 Å². The first-order valence-electron chi connectivity index (χ1n) is 12.4. The number of carbonyl (C=O) groups is 1. The molecule has 1 aliphatic rings. The lowest BCUT2D eigenvalue weighted by Crippen LogP contribution is -2.32. The Bertz CT molecular complexity index is 1570. The van der Waals surface area contributed by atoms with E-state index in [9.17, 15) is 21.6 Å². The molecule has 1 amide bonds. The predicted molar refractivity (Wildman–Crippen MR) is 157 cm³/mol. The molecule has 8 nitrogen and oxygen atoms in total. The Kier molecular flexibility index (Phi) is 9.15. The lowest BCUT2D eigenvalue weighted by molar-refractivity contribution is 0.0758. The highest BCUT2D eigenvalue weighted by molar-refractivity contribution is 7.98. The molecule has 1 saturated heterocycles. The van der Waals surface area contributed by atoms with E-state index in [1.165, 1.54) is 54.2 Å². The highest BCUT2D eigenvalue weighted by Gasteiger charge is 2.24. The quantitative estimate of drug-likeness (QED) is 0.304. The van der Waals surface area contributed by atoms with Gasteiger partial charge in [-0.1, -0.05) is 30.5 Å². The van der Waals surface area contributed by atoms with Crippen LogP contribution >= 0.6 is 23.4 Å². The molecule has 0 spiro atoms. The molecule has 0 unspecified atom stereocenters. The molecule has 39 heavy (non-hydrogen) atoms. The van der Waals surface area contributed by atoms with Crippen LogP contribution in [0.5, 0.6) is 0 Å². The molecular formula is C27H30ClN3O5S3. The van der Waals surface area contributed by atoms with Gasteiger partial charge in [-0.15, -0.1) is 11.8 Å². The van der Waals surface area contributed by atoms with Crippen LogP contribution in [0.2, 0.25) is 5.02 Å². The number of hydrogen-bond acceptors (Lipinski definition) is 6. The van der Waals surface area contributed by atoms with Gasteiger partial charge in [0.15, 0.2) is 0 Å². The summed E-state index contributed by atoms with van der Waals surface area (Å²) in [6.07, 6.45) is 5.86. The lowest BCUT2D eigenvalue weighted by Gasteiger charge is -2.22. The van der Waals surface area contributed by atoms with Crippen molar-refractivity contribution in [1.82, 2.24) is 4.90 Å². The molecule has 0 atom stereocenters. The molecule has 1 fully saturated rings. The Morgan fingerprint density at radius 2 is 1.44 bits per heavy atom. The van der Waals surface area contributed by atoms with Crippen molar-refractivity contribution in [1.29, 1.82) is 0 Å². The number of thioether (sulfide) groups is 1. The number of likely N-dealkylation sites (tertiary alicyclic amines) is 1. The third-order valence-corrected chi connectivity index (χ3v) is 10.3. The van der Waals surface area contributed by atoms with E-state index >= 15 is 0 Å². The molecule has 3 aromatic rings. The number of sulfonamides is 2. The van der Waals surface area contributed by atoms with E-state index in [2.05, 4.69) is 9.44 Å². The minimum absolute atomic E-state index is 0.0421. The van der Waals surface area contributed by atoms with Crippen LogP contribution < -0.4 is 9.44 Å². The van der Waals surface area contributed by atoms with E-state index in [0.717, 1.165) is 25.7 Å². The highest BCUT2D eigenvalue weighted by atomic mass is 35.5. The van der Waals surface area contributed by atoms with Gasteiger partial charge in [0.2, 0.25) is 0 Å². The Morgan fingerprint density at radius 3 is 2.08 bits per heavy atom. The number of carbonyl (C=O) groups excluding carboxylic acids is 1. The number of hydrogen-bond donors (Lipinski definition) is 2. The van der Waals surface area contributed by atoms with Gasteiger partial charge in [0.25, 0.3) is 26.0 Å². The number of anilines is 2. The zero-order valence-corrected chi connectivity index (χ0v) is 24.8. The maximum absolute atomic E-state index is 13.3. The number of aryl methyl sites for hydroxylation is 1. The zero-order valence-electron chi connectivity index (χ0n) is 21.6. The molecule has 0 aliphatic carbocycles. The first kappa shape index (κ1) is 29.3. The summed E-state index contributed by atoms with van der Waals surface area (Å²) in [7, 11) is -7.98. The lowest BCUT2D eigenvalue weighted by atomic mass is 10.2. The topological polar surface area (TPSA) is 113 Å². The number of benzene rings is 3. The Balaban J connectivity index is 1.54. The first-order valence-corrected chi connectivity index (χ1v) is 17.0. The van der Waals surface area contributed by atoms with E-state index in [1.807, 2.05) is 6.26 Å². The third kappa shape index (κ3) is 7.08. The fourth-order valence-corrected chi connectivity index (χ4v) is 7.24. The maximum atomic E-state index is 13.3. The van der Waals surface area contributed by atoms with Crippen molar-refractivity contribution in [3.05, 3.63) is 76.8 Å². The maximum Gasteiger partial charge on any atom is 0.261 e. The third-order valence-electron chi connectivity index (χ3n) is 6.47. The summed E-state index contributed by atoms with van der Waals surface area (Å²) in [5, 5.41) is 0.393. The summed E-state index contributed by atoms with van der Waals surface area (Å²) in [4.78, 5) is 15.7. The molecule has 0 bridgehead atoms. The van der Waals surface area contributed by atoms with Crippen molar-refractivity contribution in [3.8, 4) is 0 Å². The average molecular weight is 608 g/mol. The normalized spacial score (nSPS) is 14.5. The second-order valence-corrected chi connectivity index (χ2v) is 13.9. The van der Waals surface area contributed by atoms with E-state index in [4.69, 9.17) is 11.6 Å². The summed E-state index contributed by atoms with van der Waals surface area (Å²) in [5.41, 5.74) is 1.60. The second kappa shape index (κ2) is 12.2. The summed E-state index contributed by atoms with van der Waals surface area (Å²) in [5.74, 6) is -0.171. The van der Waals surface area contributed by atoms with Gasteiger partial charge in [-0.2, -0.15) is 0 Å². The average Bonchev–Trinajstić information content (AvgIpc) is 3.20. The van der Waals surface area contributed by atoms with Gasteiger partial charge in [-0.25, -0.2) is 16.8 Å². The van der Waals surface area contributed by atoms with Crippen molar-refractivity contribution in [2.24, 2.45) is 0 Å². The number of nitrogens with zero attached hydrogens (tertiary/aromatic N) is 1. The molecule has 0 saturated carbocycles. The predicted octanol–water partition coefficient (Wildman–Crippen LogP) is 5.99. The van der Waals surface area contributed by atoms with Crippen LogP contribution in [0, 0.1) is 6.92 Å². The summed E-state index contributed by atoms with van der Waals surface area (Å²) >= 11 is 7.38. The first-order chi connectivity index (χ1) is 18.5. The van der Waals surface area contributed by atoms with Crippen molar-refractivity contribution in [3.63, 3.8) is 0 Å². The van der Waals surface area contributed by atoms with Crippen molar-refractivity contribution < 1.29 is 21.6 Å². The van der Waals surface area contributed by atoms with Crippen LogP contribution in [0.1, 0.15) is 41.6 Å². The van der Waals surface area contributed by atoms with Crippen LogP contribution in [-0.4, -0.2) is 47.0 Å². The second-order valence-electron chi connectivity index (χ2n) is 9.26. The molecule has 12 heteroatoms. The Labute approximate surface area is 239 Å². The van der Waals surface area contributed by atoms with Crippen LogP contribution in [-0.2, 0) is 20.0 Å². The minimum Gasteiger partial charge on any atom is -0.339 e. The van der Waals surface area contributed by atoms with Gasteiger partial charge in [-0.3, -0.25) is 14.2 Å². The molecule has 1 heterocycles. The number of rotatable bonds is 8. The van der Waals surface area contributed by atoms with Crippen LogP contribution in [0.15, 0.2) is 75.4 Å². The molecule has 0 aromatic heterocycles. The molecule has 4 rings (SSSR count). The van der Waals surface area contributed by atoms with Gasteiger partial charge in [0.1, 0.15) is 0 Å². The molecular weight excluding hydrogens is 578 g/mol. The number of nitrogens with one attached hydrogen (secondary N) is 2. The van der Waals surface area contributed by atoms with Crippen molar-refractivity contribution >= 4 is 60.7 Å². The van der Waals surface area contributed by atoms with Crippen LogP contribution in [0.3, 0.4) is 0 Å². The van der Waals surface area contributed by atoms with E-state index in [-0.39, 0.29) is 21.4 Å². The van der Waals surface area contributed by atoms with Gasteiger partial charge >= 0.3 is 0 Å². The monoisotopic (exact) mass is 607 g/mol.